The second-order valence-electron chi connectivity index (χ2n) is 4.07. The SMILES string of the molecule is N/C(=N/O)c1nccnc1SC1CCCCC1. The third kappa shape index (κ3) is 3.09. The van der Waals surface area contributed by atoms with E-state index in [2.05, 4.69) is 15.1 Å². The average Bonchev–Trinajstić information content (AvgIpc) is 2.40. The van der Waals surface area contributed by atoms with Crippen molar-refractivity contribution in [1.82, 2.24) is 9.97 Å². The van der Waals surface area contributed by atoms with Gasteiger partial charge in [0.05, 0.1) is 0 Å². The van der Waals surface area contributed by atoms with Crippen LogP contribution in [0, 0.1) is 0 Å². The van der Waals surface area contributed by atoms with Crippen LogP contribution in [-0.2, 0) is 0 Å². The van der Waals surface area contributed by atoms with Gasteiger partial charge in [0.25, 0.3) is 0 Å². The summed E-state index contributed by atoms with van der Waals surface area (Å²) in [6, 6.07) is 0. The summed E-state index contributed by atoms with van der Waals surface area (Å²) < 4.78 is 0. The fourth-order valence-electron chi connectivity index (χ4n) is 1.98. The minimum atomic E-state index is 0.0245. The van der Waals surface area contributed by atoms with Crippen molar-refractivity contribution in [2.45, 2.75) is 42.4 Å². The molecule has 3 N–H and O–H groups in total. The van der Waals surface area contributed by atoms with E-state index in [1.165, 1.54) is 32.1 Å². The van der Waals surface area contributed by atoms with Gasteiger partial charge in [0, 0.05) is 17.6 Å². The summed E-state index contributed by atoms with van der Waals surface area (Å²) in [4.78, 5) is 8.39. The molecule has 0 saturated heterocycles. The molecule has 0 atom stereocenters. The molecule has 0 amide bonds. The molecular weight excluding hydrogens is 236 g/mol. The molecule has 0 bridgehead atoms. The van der Waals surface area contributed by atoms with Gasteiger partial charge in [0.15, 0.2) is 5.84 Å². The lowest BCUT2D eigenvalue weighted by atomic mass is 10.0. The Hall–Kier alpha value is -1.30. The summed E-state index contributed by atoms with van der Waals surface area (Å²) in [7, 11) is 0. The van der Waals surface area contributed by atoms with Crippen molar-refractivity contribution in [3.63, 3.8) is 0 Å². The maximum Gasteiger partial charge on any atom is 0.191 e. The number of nitrogens with two attached hydrogens (primary N) is 1. The Morgan fingerprint density at radius 2 is 2.00 bits per heavy atom. The zero-order valence-corrected chi connectivity index (χ0v) is 10.4. The first kappa shape index (κ1) is 12.2. The van der Waals surface area contributed by atoms with Gasteiger partial charge in [-0.05, 0) is 12.8 Å². The molecule has 1 aliphatic carbocycles. The van der Waals surface area contributed by atoms with E-state index in [4.69, 9.17) is 10.9 Å². The summed E-state index contributed by atoms with van der Waals surface area (Å²) in [6.45, 7) is 0. The number of oxime groups is 1. The molecule has 1 heterocycles. The van der Waals surface area contributed by atoms with Gasteiger partial charge in [-0.2, -0.15) is 0 Å². The first-order valence-electron chi connectivity index (χ1n) is 5.77. The lowest BCUT2D eigenvalue weighted by Gasteiger charge is -2.20. The van der Waals surface area contributed by atoms with Crippen LogP contribution in [0.25, 0.3) is 0 Å². The molecule has 1 saturated carbocycles. The van der Waals surface area contributed by atoms with Crippen LogP contribution in [0.15, 0.2) is 22.6 Å². The second-order valence-corrected chi connectivity index (χ2v) is 5.36. The molecule has 0 spiro atoms. The molecule has 1 aromatic heterocycles. The lowest BCUT2D eigenvalue weighted by molar-refractivity contribution is 0.318. The molecule has 17 heavy (non-hydrogen) atoms. The van der Waals surface area contributed by atoms with Crippen molar-refractivity contribution in [3.05, 3.63) is 18.1 Å². The Morgan fingerprint density at radius 3 is 2.71 bits per heavy atom. The third-order valence-electron chi connectivity index (χ3n) is 2.85. The molecule has 5 nitrogen and oxygen atoms in total. The number of hydrogen-bond donors (Lipinski definition) is 2. The zero-order chi connectivity index (χ0) is 12.1. The zero-order valence-electron chi connectivity index (χ0n) is 9.54. The number of amidine groups is 1. The van der Waals surface area contributed by atoms with E-state index in [9.17, 15) is 0 Å². The quantitative estimate of drug-likeness (QED) is 0.372. The molecule has 0 radical (unpaired) electrons. The highest BCUT2D eigenvalue weighted by molar-refractivity contribution is 7.99. The number of hydrogen-bond acceptors (Lipinski definition) is 5. The van der Waals surface area contributed by atoms with E-state index in [1.54, 1.807) is 24.2 Å². The van der Waals surface area contributed by atoms with Gasteiger partial charge < -0.3 is 10.9 Å². The Morgan fingerprint density at radius 1 is 1.29 bits per heavy atom. The highest BCUT2D eigenvalue weighted by Gasteiger charge is 2.18. The third-order valence-corrected chi connectivity index (χ3v) is 4.17. The normalized spacial score (nSPS) is 18.2. The average molecular weight is 252 g/mol. The van der Waals surface area contributed by atoms with E-state index < -0.39 is 0 Å². The van der Waals surface area contributed by atoms with Crippen LogP contribution >= 0.6 is 11.8 Å². The number of rotatable bonds is 3. The highest BCUT2D eigenvalue weighted by Crippen LogP contribution is 2.33. The number of aromatic nitrogens is 2. The van der Waals surface area contributed by atoms with E-state index in [0.29, 0.717) is 10.9 Å². The molecule has 92 valence electrons. The molecular formula is C11H16N4OS. The molecule has 0 aromatic carbocycles. The van der Waals surface area contributed by atoms with Crippen LogP contribution in [0.4, 0.5) is 0 Å². The molecule has 1 aromatic rings. The van der Waals surface area contributed by atoms with Gasteiger partial charge >= 0.3 is 0 Å². The Kier molecular flexibility index (Phi) is 4.19. The fourth-order valence-corrected chi connectivity index (χ4v) is 3.25. The molecule has 1 aliphatic rings. The van der Waals surface area contributed by atoms with Crippen LogP contribution in [0.1, 0.15) is 37.8 Å². The largest absolute Gasteiger partial charge is 0.409 e. The van der Waals surface area contributed by atoms with Gasteiger partial charge in [-0.25, -0.2) is 9.97 Å². The Bertz CT molecular complexity index is 404. The number of thioether (sulfide) groups is 1. The molecule has 6 heteroatoms. The number of nitrogens with zero attached hydrogens (tertiary/aromatic N) is 3. The molecule has 1 fully saturated rings. The molecule has 0 aliphatic heterocycles. The summed E-state index contributed by atoms with van der Waals surface area (Å²) in [6.07, 6.45) is 9.48. The van der Waals surface area contributed by atoms with Gasteiger partial charge in [0.1, 0.15) is 10.7 Å². The maximum absolute atomic E-state index is 8.70. The first-order valence-corrected chi connectivity index (χ1v) is 6.65. The van der Waals surface area contributed by atoms with E-state index in [-0.39, 0.29) is 5.84 Å². The van der Waals surface area contributed by atoms with E-state index in [1.807, 2.05) is 0 Å². The predicted octanol–water partition coefficient (Wildman–Crippen LogP) is 2.00. The maximum atomic E-state index is 8.70. The summed E-state index contributed by atoms with van der Waals surface area (Å²) in [5.74, 6) is 0.0245. The summed E-state index contributed by atoms with van der Waals surface area (Å²) >= 11 is 1.69. The van der Waals surface area contributed by atoms with Crippen LogP contribution in [-0.4, -0.2) is 26.3 Å². The predicted molar refractivity (Wildman–Crippen MR) is 67.3 cm³/mol. The monoisotopic (exact) mass is 252 g/mol. The van der Waals surface area contributed by atoms with Crippen molar-refractivity contribution >= 4 is 17.6 Å². The van der Waals surface area contributed by atoms with Gasteiger partial charge in [-0.1, -0.05) is 24.4 Å². The first-order chi connectivity index (χ1) is 8.31. The van der Waals surface area contributed by atoms with Crippen LogP contribution in [0.3, 0.4) is 0 Å². The van der Waals surface area contributed by atoms with Gasteiger partial charge in [-0.3, -0.25) is 0 Å². The lowest BCUT2D eigenvalue weighted by Crippen LogP contribution is -2.18. The highest BCUT2D eigenvalue weighted by atomic mass is 32.2. The standard InChI is InChI=1S/C11H16N4OS/c12-10(15-16)9-11(14-7-6-13-9)17-8-4-2-1-3-5-8/h6-8,16H,1-5H2,(H2,12,15). The van der Waals surface area contributed by atoms with Crippen molar-refractivity contribution in [3.8, 4) is 0 Å². The van der Waals surface area contributed by atoms with Crippen LogP contribution < -0.4 is 5.73 Å². The van der Waals surface area contributed by atoms with Crippen LogP contribution in [0.2, 0.25) is 0 Å². The van der Waals surface area contributed by atoms with Gasteiger partial charge in [0.2, 0.25) is 0 Å². The Labute approximate surface area is 105 Å². The van der Waals surface area contributed by atoms with E-state index in [0.717, 1.165) is 5.03 Å². The Balaban J connectivity index is 2.14. The van der Waals surface area contributed by atoms with E-state index >= 15 is 0 Å². The van der Waals surface area contributed by atoms with Crippen molar-refractivity contribution in [1.29, 1.82) is 0 Å². The topological polar surface area (TPSA) is 84.4 Å². The minimum absolute atomic E-state index is 0.0245. The van der Waals surface area contributed by atoms with Crippen LogP contribution in [0.5, 0.6) is 0 Å². The minimum Gasteiger partial charge on any atom is -0.409 e. The molecule has 2 rings (SSSR count). The van der Waals surface area contributed by atoms with Crippen molar-refractivity contribution in [2.75, 3.05) is 0 Å². The second kappa shape index (κ2) is 5.86. The smallest absolute Gasteiger partial charge is 0.191 e. The molecule has 0 unspecified atom stereocenters. The fraction of sp³-hybridized carbons (Fsp3) is 0.545. The van der Waals surface area contributed by atoms with Crippen molar-refractivity contribution in [2.24, 2.45) is 10.9 Å². The van der Waals surface area contributed by atoms with Crippen molar-refractivity contribution < 1.29 is 5.21 Å². The summed E-state index contributed by atoms with van der Waals surface area (Å²) in [5.41, 5.74) is 6.06. The van der Waals surface area contributed by atoms with Gasteiger partial charge in [-0.15, -0.1) is 11.8 Å². The summed E-state index contributed by atoms with van der Waals surface area (Å²) in [5, 5.41) is 13.0.